The normalized spacial score (nSPS) is 24.8. The van der Waals surface area contributed by atoms with E-state index in [1.807, 2.05) is 48.8 Å². The minimum absolute atomic E-state index is 0.0168. The van der Waals surface area contributed by atoms with E-state index in [1.165, 1.54) is 0 Å². The Bertz CT molecular complexity index is 1420. The number of nitrogens with one attached hydrogen (secondary N) is 1. The largest absolute Gasteiger partial charge is 0.476 e. The average Bonchev–Trinajstić information content (AvgIpc) is 4.00. The zero-order valence-corrected chi connectivity index (χ0v) is 30.3. The highest BCUT2D eigenvalue weighted by Crippen LogP contribution is 2.47. The summed E-state index contributed by atoms with van der Waals surface area (Å²) in [5.74, 6) is -0.435. The zero-order chi connectivity index (χ0) is 35.1. The Hall–Kier alpha value is -3.34. The number of carbonyl (C=O) groups excluding carboxylic acids is 4. The molecule has 1 N–H and O–H groups in total. The van der Waals surface area contributed by atoms with Crippen LogP contribution < -0.4 is 19.9 Å². The van der Waals surface area contributed by atoms with Crippen LogP contribution in [0.4, 0.5) is 16.2 Å². The molecule has 11 heteroatoms. The molecule has 4 fully saturated rings. The number of amides is 4. The van der Waals surface area contributed by atoms with E-state index in [0.717, 1.165) is 57.8 Å². The lowest BCUT2D eigenvalue weighted by Crippen LogP contribution is -2.55. The van der Waals surface area contributed by atoms with Crippen molar-refractivity contribution in [3.05, 3.63) is 18.2 Å². The van der Waals surface area contributed by atoms with Crippen LogP contribution in [-0.4, -0.2) is 84.3 Å². The molecular weight excluding hydrogens is 624 g/mol. The maximum Gasteiger partial charge on any atom is 0.410 e. The quantitative estimate of drug-likeness (QED) is 0.310. The van der Waals surface area contributed by atoms with E-state index in [4.69, 9.17) is 14.2 Å². The Morgan fingerprint density at radius 2 is 1.71 bits per heavy atom. The number of benzene rings is 1. The molecule has 0 radical (unpaired) electrons. The van der Waals surface area contributed by atoms with Crippen LogP contribution in [0.15, 0.2) is 18.2 Å². The van der Waals surface area contributed by atoms with Crippen molar-refractivity contribution in [1.29, 1.82) is 0 Å². The van der Waals surface area contributed by atoms with Crippen molar-refractivity contribution in [2.24, 2.45) is 17.8 Å². The van der Waals surface area contributed by atoms with E-state index in [-0.39, 0.29) is 42.4 Å². The summed E-state index contributed by atoms with van der Waals surface area (Å²) >= 11 is 0. The van der Waals surface area contributed by atoms with E-state index < -0.39 is 29.1 Å². The summed E-state index contributed by atoms with van der Waals surface area (Å²) in [7, 11) is 0. The second-order valence-electron chi connectivity index (χ2n) is 16.4. The summed E-state index contributed by atoms with van der Waals surface area (Å²) in [4.78, 5) is 60.9. The van der Waals surface area contributed by atoms with Crippen molar-refractivity contribution in [1.82, 2.24) is 10.2 Å². The number of unbranched alkanes of at least 4 members (excludes halogenated alkanes) is 2. The molecule has 0 bridgehead atoms. The average molecular weight is 681 g/mol. The third-order valence-corrected chi connectivity index (χ3v) is 10.8. The topological polar surface area (TPSA) is 118 Å². The number of piperidine rings is 1. The molecule has 0 unspecified atom stereocenters. The molecular formula is C38H56N4O7. The van der Waals surface area contributed by atoms with Gasteiger partial charge in [-0.3, -0.25) is 14.4 Å². The van der Waals surface area contributed by atoms with Gasteiger partial charge >= 0.3 is 6.09 Å². The lowest BCUT2D eigenvalue weighted by Gasteiger charge is -2.41. The van der Waals surface area contributed by atoms with Gasteiger partial charge in [-0.2, -0.15) is 0 Å². The number of anilines is 2. The highest BCUT2D eigenvalue weighted by molar-refractivity contribution is 6.04. The number of ether oxygens (including phenoxy) is 3. The Kier molecular flexibility index (Phi) is 9.96. The number of hydrogen-bond acceptors (Lipinski definition) is 7. The number of fused-ring (bicyclic) bond motifs is 1. The van der Waals surface area contributed by atoms with E-state index in [0.29, 0.717) is 49.2 Å². The molecule has 11 nitrogen and oxygen atoms in total. The molecule has 4 amide bonds. The van der Waals surface area contributed by atoms with Crippen LogP contribution in [0, 0.1) is 17.8 Å². The van der Waals surface area contributed by atoms with Crippen LogP contribution in [0.5, 0.6) is 5.75 Å². The fraction of sp³-hybridized carbons (Fsp3) is 0.737. The van der Waals surface area contributed by atoms with Crippen molar-refractivity contribution < 1.29 is 33.4 Å². The smallest absolute Gasteiger partial charge is 0.410 e. The van der Waals surface area contributed by atoms with Gasteiger partial charge in [0.15, 0.2) is 5.60 Å². The molecule has 3 aliphatic heterocycles. The fourth-order valence-corrected chi connectivity index (χ4v) is 7.81. The van der Waals surface area contributed by atoms with Crippen LogP contribution >= 0.6 is 0 Å². The zero-order valence-electron chi connectivity index (χ0n) is 30.3. The molecule has 0 spiro atoms. The maximum absolute atomic E-state index is 14.7. The Labute approximate surface area is 291 Å². The van der Waals surface area contributed by atoms with Gasteiger partial charge in [-0.25, -0.2) is 4.79 Å². The van der Waals surface area contributed by atoms with E-state index in [2.05, 4.69) is 12.2 Å². The van der Waals surface area contributed by atoms with E-state index in [1.54, 1.807) is 18.7 Å². The predicted octanol–water partition coefficient (Wildman–Crippen LogP) is 5.82. The second-order valence-corrected chi connectivity index (χ2v) is 16.4. The molecule has 6 rings (SSSR count). The van der Waals surface area contributed by atoms with Gasteiger partial charge in [-0.15, -0.1) is 0 Å². The molecule has 2 aliphatic carbocycles. The molecule has 1 aromatic carbocycles. The van der Waals surface area contributed by atoms with Gasteiger partial charge in [0.25, 0.3) is 5.91 Å². The van der Waals surface area contributed by atoms with Crippen LogP contribution in [0.2, 0.25) is 0 Å². The fourth-order valence-electron chi connectivity index (χ4n) is 7.81. The third kappa shape index (κ3) is 7.86. The minimum atomic E-state index is -0.987. The number of rotatable bonds is 10. The summed E-state index contributed by atoms with van der Waals surface area (Å²) in [6, 6.07) is 5.69. The molecule has 1 aromatic rings. The van der Waals surface area contributed by atoms with Crippen LogP contribution in [0.3, 0.4) is 0 Å². The summed E-state index contributed by atoms with van der Waals surface area (Å²) in [5.41, 5.74) is -0.536. The maximum atomic E-state index is 14.7. The highest BCUT2D eigenvalue weighted by atomic mass is 16.6. The predicted molar refractivity (Wildman–Crippen MR) is 187 cm³/mol. The second kappa shape index (κ2) is 13.8. The third-order valence-electron chi connectivity index (χ3n) is 10.8. The standard InChI is InChI=1S/C38H56N4O7/c1-7-8-9-18-41-30-22-29(12-13-31(30)48-37(5,6)34(41)45)42(28-10-11-28)33(44)26-21-25(23-40(24-26)35(46)49-36(2,3)4)32(43)39-38(16-17-38)27-14-19-47-20-15-27/h12-13,22,25-28H,7-11,14-21,23-24H2,1-6H3,(H,39,43)/t25-,26+/m0/s1. The molecule has 5 aliphatic rings. The minimum Gasteiger partial charge on any atom is -0.476 e. The van der Waals surface area contributed by atoms with Gasteiger partial charge in [0.1, 0.15) is 11.4 Å². The molecule has 3 heterocycles. The van der Waals surface area contributed by atoms with Gasteiger partial charge in [-0.1, -0.05) is 19.8 Å². The molecule has 0 aromatic heterocycles. The SMILES string of the molecule is CCCCCN1C(=O)C(C)(C)Oc2ccc(N(C(=O)[C@@H]3C[C@H](C(=O)NC4(C5CCOCC5)CC4)CN(C(=O)OC(C)(C)C)C3)C3CC3)cc21. The van der Waals surface area contributed by atoms with Crippen molar-refractivity contribution in [3.63, 3.8) is 0 Å². The molecule has 270 valence electrons. The van der Waals surface area contributed by atoms with E-state index >= 15 is 0 Å². The molecule has 49 heavy (non-hydrogen) atoms. The number of hydrogen-bond donors (Lipinski definition) is 1. The molecule has 2 saturated carbocycles. The summed E-state index contributed by atoms with van der Waals surface area (Å²) in [6.07, 6.45) is 8.23. The first-order valence-corrected chi connectivity index (χ1v) is 18.6. The summed E-state index contributed by atoms with van der Waals surface area (Å²) < 4.78 is 17.5. The van der Waals surface area contributed by atoms with Crippen molar-refractivity contribution in [3.8, 4) is 5.75 Å². The van der Waals surface area contributed by atoms with Crippen LogP contribution in [-0.2, 0) is 23.9 Å². The van der Waals surface area contributed by atoms with Crippen LogP contribution in [0.1, 0.15) is 106 Å². The van der Waals surface area contributed by atoms with E-state index in [9.17, 15) is 19.2 Å². The van der Waals surface area contributed by atoms with Gasteiger partial charge < -0.3 is 34.2 Å². The van der Waals surface area contributed by atoms with Gasteiger partial charge in [0, 0.05) is 50.1 Å². The molecule has 2 atom stereocenters. The number of carbonyl (C=O) groups is 4. The first-order chi connectivity index (χ1) is 23.2. The van der Waals surface area contributed by atoms with Crippen LogP contribution in [0.25, 0.3) is 0 Å². The van der Waals surface area contributed by atoms with Crippen molar-refractivity contribution in [2.45, 2.75) is 129 Å². The number of likely N-dealkylation sites (tertiary alicyclic amines) is 1. The number of nitrogens with zero attached hydrogens (tertiary/aromatic N) is 3. The van der Waals surface area contributed by atoms with Crippen molar-refractivity contribution >= 4 is 35.2 Å². The van der Waals surface area contributed by atoms with Gasteiger partial charge in [0.05, 0.1) is 17.5 Å². The lowest BCUT2D eigenvalue weighted by atomic mass is 9.85. The molecule has 2 saturated heterocycles. The lowest BCUT2D eigenvalue weighted by molar-refractivity contribution is -0.133. The first-order valence-electron chi connectivity index (χ1n) is 18.6. The first kappa shape index (κ1) is 35.5. The van der Waals surface area contributed by atoms with Gasteiger partial charge in [-0.05, 0) is 110 Å². The van der Waals surface area contributed by atoms with Crippen molar-refractivity contribution in [2.75, 3.05) is 42.6 Å². The monoisotopic (exact) mass is 680 g/mol. The Morgan fingerprint density at radius 1 is 1.02 bits per heavy atom. The van der Waals surface area contributed by atoms with Gasteiger partial charge in [0.2, 0.25) is 11.8 Å². The Balaban J connectivity index is 1.26. The summed E-state index contributed by atoms with van der Waals surface area (Å²) in [5, 5.41) is 3.39. The highest BCUT2D eigenvalue weighted by Gasteiger charge is 2.52. The Morgan fingerprint density at radius 3 is 2.35 bits per heavy atom. The summed E-state index contributed by atoms with van der Waals surface area (Å²) in [6.45, 7) is 13.6.